The zero-order valence-corrected chi connectivity index (χ0v) is 21.9. The first kappa shape index (κ1) is 23.6. The molecule has 1 atom stereocenters. The Labute approximate surface area is 221 Å². The van der Waals surface area contributed by atoms with Gasteiger partial charge in [0.1, 0.15) is 34.5 Å². The highest BCUT2D eigenvalue weighted by molar-refractivity contribution is 7.86. The zero-order valence-electron chi connectivity index (χ0n) is 19.5. The molecule has 1 unspecified atom stereocenters. The van der Waals surface area contributed by atoms with Gasteiger partial charge < -0.3 is 10.1 Å². The van der Waals surface area contributed by atoms with E-state index in [9.17, 15) is 13.4 Å². The van der Waals surface area contributed by atoms with E-state index in [0.717, 1.165) is 47.7 Å². The highest BCUT2D eigenvalue weighted by Gasteiger charge is 2.21. The minimum Gasteiger partial charge on any atom is -0.480 e. The first-order valence-electron chi connectivity index (χ1n) is 11.1. The Hall–Kier alpha value is -3.74. The van der Waals surface area contributed by atoms with Crippen LogP contribution in [0.5, 0.6) is 5.88 Å². The van der Waals surface area contributed by atoms with Crippen molar-refractivity contribution in [1.29, 1.82) is 0 Å². The number of thiophene rings is 2. The van der Waals surface area contributed by atoms with Crippen LogP contribution < -0.4 is 14.8 Å². The van der Waals surface area contributed by atoms with Gasteiger partial charge in [0.25, 0.3) is 5.91 Å². The number of pyridine rings is 1. The fraction of sp³-hybridized carbons (Fsp3) is 0.120. The van der Waals surface area contributed by atoms with E-state index in [1.807, 2.05) is 19.1 Å². The summed E-state index contributed by atoms with van der Waals surface area (Å²) in [5, 5.41) is 2.76. The Morgan fingerprint density at radius 3 is 2.81 bits per heavy atom. The number of benzene rings is 1. The molecule has 0 saturated heterocycles. The van der Waals surface area contributed by atoms with Crippen LogP contribution in [0.4, 0.5) is 10.1 Å². The molecule has 6 rings (SSSR count). The van der Waals surface area contributed by atoms with E-state index in [4.69, 9.17) is 4.74 Å². The summed E-state index contributed by atoms with van der Waals surface area (Å²) in [6.07, 6.45) is 3.24. The summed E-state index contributed by atoms with van der Waals surface area (Å²) in [4.78, 5) is 29.3. The van der Waals surface area contributed by atoms with Crippen LogP contribution in [0.25, 0.3) is 31.2 Å². The van der Waals surface area contributed by atoms with Gasteiger partial charge in [0.05, 0.1) is 39.2 Å². The van der Waals surface area contributed by atoms with E-state index in [0.29, 0.717) is 5.69 Å². The smallest absolute Gasteiger partial charge is 0.254 e. The number of fused-ring (bicyclic) bond motifs is 9. The fourth-order valence-corrected chi connectivity index (χ4v) is 7.24. The number of carbonyl (C=O) groups is 1. The van der Waals surface area contributed by atoms with Gasteiger partial charge in [-0.3, -0.25) is 9.52 Å². The average Bonchev–Trinajstić information content (AvgIpc) is 3.51. The molecule has 1 aliphatic heterocycles. The van der Waals surface area contributed by atoms with Crippen molar-refractivity contribution < 1.29 is 18.1 Å². The van der Waals surface area contributed by atoms with E-state index in [1.165, 1.54) is 30.6 Å². The van der Waals surface area contributed by atoms with Gasteiger partial charge in [-0.25, -0.2) is 23.6 Å². The summed E-state index contributed by atoms with van der Waals surface area (Å²) < 4.78 is 37.0. The van der Waals surface area contributed by atoms with Crippen LogP contribution >= 0.6 is 22.7 Å². The van der Waals surface area contributed by atoms with Crippen LogP contribution in [0.2, 0.25) is 0 Å². The Bertz CT molecular complexity index is 1730. The first-order valence-corrected chi connectivity index (χ1v) is 13.8. The third-order valence-electron chi connectivity index (χ3n) is 5.93. The van der Waals surface area contributed by atoms with Gasteiger partial charge in [0.2, 0.25) is 5.88 Å². The summed E-state index contributed by atoms with van der Waals surface area (Å²) in [7, 11) is -0.357. The molecule has 1 aromatic carbocycles. The molecule has 2 N–H and O–H groups in total. The van der Waals surface area contributed by atoms with Crippen LogP contribution in [0, 0.1) is 12.7 Å². The number of carbonyl (C=O) groups excluding carboxylic acids is 1. The number of aromatic nitrogens is 3. The Balaban J connectivity index is 1.57. The maximum absolute atomic E-state index is 14.5. The van der Waals surface area contributed by atoms with Gasteiger partial charge >= 0.3 is 0 Å². The van der Waals surface area contributed by atoms with Crippen LogP contribution in [0.1, 0.15) is 20.8 Å². The van der Waals surface area contributed by atoms with Gasteiger partial charge in [-0.1, -0.05) is 0 Å². The molecule has 37 heavy (non-hydrogen) atoms. The maximum atomic E-state index is 14.5. The molecule has 0 aliphatic carbocycles. The van der Waals surface area contributed by atoms with Gasteiger partial charge in [-0.05, 0) is 48.9 Å². The van der Waals surface area contributed by atoms with E-state index in [2.05, 4.69) is 25.0 Å². The quantitative estimate of drug-likeness (QED) is 0.292. The van der Waals surface area contributed by atoms with Crippen molar-refractivity contribution in [2.75, 3.05) is 11.8 Å². The maximum Gasteiger partial charge on any atom is 0.254 e. The number of anilines is 1. The summed E-state index contributed by atoms with van der Waals surface area (Å²) in [5.41, 5.74) is 3.61. The molecule has 1 amide bonds. The number of hydrogen-bond acceptors (Lipinski definition) is 8. The molecule has 186 valence electrons. The van der Waals surface area contributed by atoms with Gasteiger partial charge in [0, 0.05) is 21.5 Å². The van der Waals surface area contributed by atoms with Crippen LogP contribution in [0.3, 0.4) is 0 Å². The second-order valence-electron chi connectivity index (χ2n) is 8.20. The number of aryl methyl sites for hydroxylation is 1. The van der Waals surface area contributed by atoms with Gasteiger partial charge in [-0.15, -0.1) is 22.7 Å². The van der Waals surface area contributed by atoms with Crippen molar-refractivity contribution in [2.24, 2.45) is 0 Å². The number of ether oxygens (including phenoxy) is 1. The third-order valence-corrected chi connectivity index (χ3v) is 9.44. The third kappa shape index (κ3) is 4.16. The van der Waals surface area contributed by atoms with E-state index in [-0.39, 0.29) is 22.9 Å². The number of amides is 1. The number of rotatable bonds is 1. The minimum atomic E-state index is -1.83. The molecule has 0 radical (unpaired) electrons. The lowest BCUT2D eigenvalue weighted by Crippen LogP contribution is -2.23. The molecule has 5 aromatic rings. The SMILES string of the molecule is COc1ncc2cc1NS(=O)c1ccc(F)c(c1)C(=O)NCc1ccc(s1)-c1ncnc3c(C)c-2sc13. The molecule has 5 heterocycles. The minimum absolute atomic E-state index is 0.192. The molecular formula is C25H18FN5O3S3. The highest BCUT2D eigenvalue weighted by Crippen LogP contribution is 2.43. The topological polar surface area (TPSA) is 106 Å². The van der Waals surface area contributed by atoms with Crippen LogP contribution in [-0.4, -0.2) is 32.2 Å². The Morgan fingerprint density at radius 1 is 1.11 bits per heavy atom. The predicted octanol–water partition coefficient (Wildman–Crippen LogP) is 5.32. The van der Waals surface area contributed by atoms with E-state index in [1.54, 1.807) is 29.9 Å². The van der Waals surface area contributed by atoms with Crippen molar-refractivity contribution in [3.8, 4) is 26.9 Å². The molecular weight excluding hydrogens is 534 g/mol. The monoisotopic (exact) mass is 551 g/mol. The molecule has 8 bridgehead atoms. The number of hydrogen-bond donors (Lipinski definition) is 2. The summed E-state index contributed by atoms with van der Waals surface area (Å²) >= 11 is 3.05. The van der Waals surface area contributed by atoms with E-state index >= 15 is 0 Å². The number of nitrogens with zero attached hydrogens (tertiary/aromatic N) is 3. The van der Waals surface area contributed by atoms with Crippen molar-refractivity contribution in [1.82, 2.24) is 20.3 Å². The molecule has 0 fully saturated rings. The number of halogens is 1. The predicted molar refractivity (Wildman–Crippen MR) is 143 cm³/mol. The van der Waals surface area contributed by atoms with Gasteiger partial charge in [-0.2, -0.15) is 0 Å². The van der Waals surface area contributed by atoms with Crippen molar-refractivity contribution >= 4 is 55.5 Å². The summed E-state index contributed by atoms with van der Waals surface area (Å²) in [5.74, 6) is -1.05. The Morgan fingerprint density at radius 2 is 1.97 bits per heavy atom. The fourth-order valence-electron chi connectivity index (χ4n) is 4.10. The van der Waals surface area contributed by atoms with Gasteiger partial charge in [0.15, 0.2) is 0 Å². The number of methoxy groups -OCH3 is 1. The highest BCUT2D eigenvalue weighted by atomic mass is 32.2. The molecule has 1 aliphatic rings. The lowest BCUT2D eigenvalue weighted by Gasteiger charge is -2.12. The second kappa shape index (κ2) is 9.29. The lowest BCUT2D eigenvalue weighted by atomic mass is 10.1. The van der Waals surface area contributed by atoms with Crippen molar-refractivity contribution in [3.63, 3.8) is 0 Å². The molecule has 0 spiro atoms. The van der Waals surface area contributed by atoms with E-state index < -0.39 is 22.7 Å². The largest absolute Gasteiger partial charge is 0.480 e. The summed E-state index contributed by atoms with van der Waals surface area (Å²) in [6, 6.07) is 9.46. The Kier molecular flexibility index (Phi) is 5.94. The molecule has 12 heteroatoms. The molecule has 4 aromatic heterocycles. The first-order chi connectivity index (χ1) is 17.9. The second-order valence-corrected chi connectivity index (χ2v) is 11.6. The average molecular weight is 552 g/mol. The van der Waals surface area contributed by atoms with Crippen LogP contribution in [0.15, 0.2) is 53.8 Å². The van der Waals surface area contributed by atoms with Crippen molar-refractivity contribution in [2.45, 2.75) is 18.4 Å². The normalized spacial score (nSPS) is 15.1. The lowest BCUT2D eigenvalue weighted by molar-refractivity contribution is 0.0947. The zero-order chi connectivity index (χ0) is 25.7. The molecule has 8 nitrogen and oxygen atoms in total. The number of nitrogens with one attached hydrogen (secondary N) is 2. The van der Waals surface area contributed by atoms with Crippen LogP contribution in [-0.2, 0) is 17.5 Å². The van der Waals surface area contributed by atoms with Crippen molar-refractivity contribution in [3.05, 3.63) is 70.7 Å². The molecule has 0 saturated carbocycles. The standard InChI is InChI=1S/C25H18FN5O3S3/c1-12-20-23-21(30-11-29-20)19-6-3-14(35-19)10-27-24(32)16-8-15(4-5-17(16)26)37(33)31-18-7-13(22(12)36-23)9-28-25(18)34-2/h3-9,11,31H,10H2,1-2H3,(H,27,32). The summed E-state index contributed by atoms with van der Waals surface area (Å²) in [6.45, 7) is 2.21.